The van der Waals surface area contributed by atoms with Crippen molar-refractivity contribution >= 4 is 5.91 Å². The van der Waals surface area contributed by atoms with E-state index in [4.69, 9.17) is 0 Å². The lowest BCUT2D eigenvalue weighted by Crippen LogP contribution is -2.39. The molecule has 1 aliphatic heterocycles. The fourth-order valence-corrected chi connectivity index (χ4v) is 3.46. The van der Waals surface area contributed by atoms with Crippen molar-refractivity contribution in [3.63, 3.8) is 0 Å². The van der Waals surface area contributed by atoms with Gasteiger partial charge in [-0.3, -0.25) is 4.79 Å². The van der Waals surface area contributed by atoms with Crippen LogP contribution in [0, 0.1) is 61.6 Å². The summed E-state index contributed by atoms with van der Waals surface area (Å²) in [7, 11) is 0. The summed E-state index contributed by atoms with van der Waals surface area (Å²) in [5.41, 5.74) is -4.04. The zero-order chi connectivity index (χ0) is 14.3. The molecule has 6 nitrogen and oxygen atoms in total. The van der Waals surface area contributed by atoms with Gasteiger partial charge in [0.15, 0.2) is 10.8 Å². The number of carbonyl (C=O) groups is 1. The van der Waals surface area contributed by atoms with Gasteiger partial charge >= 0.3 is 0 Å². The first kappa shape index (κ1) is 12.9. The van der Waals surface area contributed by atoms with Crippen LogP contribution in [0.15, 0.2) is 0 Å². The quantitative estimate of drug-likeness (QED) is 0.629. The molecule has 0 N–H and O–H groups in total. The van der Waals surface area contributed by atoms with E-state index in [1.165, 1.54) is 6.92 Å². The predicted molar refractivity (Wildman–Crippen MR) is 61.2 cm³/mol. The Bertz CT molecular complexity index is 533. The predicted octanol–water partition coefficient (Wildman–Crippen LogP) is 0.696. The molecule has 2 rings (SSSR count). The molecular weight excluding hydrogens is 242 g/mol. The zero-order valence-electron chi connectivity index (χ0n) is 10.5. The van der Waals surface area contributed by atoms with Crippen molar-refractivity contribution in [2.75, 3.05) is 13.1 Å². The summed E-state index contributed by atoms with van der Waals surface area (Å²) in [5, 5.41) is 37.2. The molecule has 1 heterocycles. The Balaban J connectivity index is 2.41. The van der Waals surface area contributed by atoms with Crippen molar-refractivity contribution in [1.29, 1.82) is 21.0 Å². The van der Waals surface area contributed by atoms with Gasteiger partial charge in [-0.05, 0) is 12.8 Å². The third kappa shape index (κ3) is 1.09. The third-order valence-electron chi connectivity index (χ3n) is 4.67. The average Bonchev–Trinajstić information content (AvgIpc) is 2.93. The molecule has 0 bridgehead atoms. The summed E-state index contributed by atoms with van der Waals surface area (Å²) in [6.07, 6.45) is 0.684. The molecule has 94 valence electrons. The second-order valence-corrected chi connectivity index (χ2v) is 5.04. The van der Waals surface area contributed by atoms with E-state index >= 15 is 0 Å². The Labute approximate surface area is 111 Å². The summed E-state index contributed by atoms with van der Waals surface area (Å²) in [6.45, 7) is 2.21. The highest BCUT2D eigenvalue weighted by atomic mass is 16.2. The Hall–Kier alpha value is -2.57. The molecule has 1 spiro atoms. The average molecular weight is 253 g/mol. The van der Waals surface area contributed by atoms with Gasteiger partial charge in [-0.1, -0.05) is 0 Å². The Kier molecular flexibility index (Phi) is 2.51. The van der Waals surface area contributed by atoms with Crippen molar-refractivity contribution in [1.82, 2.24) is 4.90 Å². The van der Waals surface area contributed by atoms with Crippen molar-refractivity contribution in [3.05, 3.63) is 0 Å². The minimum absolute atomic E-state index is 0.0745. The van der Waals surface area contributed by atoms with Crippen LogP contribution in [0.1, 0.15) is 19.8 Å². The van der Waals surface area contributed by atoms with Crippen molar-refractivity contribution in [3.8, 4) is 24.3 Å². The van der Waals surface area contributed by atoms with Crippen LogP contribution in [0.5, 0.6) is 0 Å². The third-order valence-corrected chi connectivity index (χ3v) is 4.67. The minimum atomic E-state index is -1.56. The summed E-state index contributed by atoms with van der Waals surface area (Å²) in [4.78, 5) is 12.9. The Morgan fingerprint density at radius 2 is 1.32 bits per heavy atom. The molecule has 2 fully saturated rings. The number of hydrogen-bond donors (Lipinski definition) is 0. The number of hydrogen-bond acceptors (Lipinski definition) is 5. The number of carbonyl (C=O) groups excluding carboxylic acids is 1. The molecule has 1 saturated carbocycles. The highest BCUT2D eigenvalue weighted by Crippen LogP contribution is 2.81. The highest BCUT2D eigenvalue weighted by Gasteiger charge is 2.91. The van der Waals surface area contributed by atoms with Gasteiger partial charge in [0.25, 0.3) is 0 Å². The fourth-order valence-electron chi connectivity index (χ4n) is 3.46. The molecule has 19 heavy (non-hydrogen) atoms. The van der Waals surface area contributed by atoms with Gasteiger partial charge in [0, 0.05) is 25.4 Å². The normalized spacial score (nSPS) is 24.4. The fraction of sp³-hybridized carbons (Fsp3) is 0.615. The molecule has 0 aromatic carbocycles. The molecule has 0 radical (unpaired) electrons. The molecule has 1 aliphatic carbocycles. The second-order valence-electron chi connectivity index (χ2n) is 5.04. The summed E-state index contributed by atoms with van der Waals surface area (Å²) >= 11 is 0. The van der Waals surface area contributed by atoms with Crippen LogP contribution in [0.4, 0.5) is 0 Å². The van der Waals surface area contributed by atoms with Gasteiger partial charge in [-0.25, -0.2) is 0 Å². The van der Waals surface area contributed by atoms with Gasteiger partial charge in [0.05, 0.1) is 24.3 Å². The Morgan fingerprint density at radius 3 is 1.58 bits per heavy atom. The smallest absolute Gasteiger partial charge is 0.219 e. The maximum absolute atomic E-state index is 11.3. The molecule has 2 aliphatic rings. The van der Waals surface area contributed by atoms with E-state index in [2.05, 4.69) is 0 Å². The topological polar surface area (TPSA) is 115 Å². The number of likely N-dealkylation sites (tertiary alicyclic amines) is 1. The lowest BCUT2D eigenvalue weighted by atomic mass is 9.83. The van der Waals surface area contributed by atoms with Crippen LogP contribution < -0.4 is 0 Å². The first-order valence-electron chi connectivity index (χ1n) is 5.91. The molecule has 0 aromatic heterocycles. The lowest BCUT2D eigenvalue weighted by Gasteiger charge is -2.32. The van der Waals surface area contributed by atoms with E-state index in [-0.39, 0.29) is 5.91 Å². The van der Waals surface area contributed by atoms with Crippen LogP contribution >= 0.6 is 0 Å². The molecule has 0 atom stereocenters. The second kappa shape index (κ2) is 3.71. The number of piperidine rings is 1. The summed E-state index contributed by atoms with van der Waals surface area (Å²) in [5.74, 6) is -0.0745. The first-order valence-corrected chi connectivity index (χ1v) is 5.91. The maximum Gasteiger partial charge on any atom is 0.219 e. The van der Waals surface area contributed by atoms with Crippen LogP contribution in [0.25, 0.3) is 0 Å². The maximum atomic E-state index is 11.3. The van der Waals surface area contributed by atoms with E-state index in [0.717, 1.165) is 0 Å². The van der Waals surface area contributed by atoms with Crippen molar-refractivity contribution in [2.45, 2.75) is 19.8 Å². The van der Waals surface area contributed by atoms with Crippen LogP contribution in [0.3, 0.4) is 0 Å². The molecule has 6 heteroatoms. The Morgan fingerprint density at radius 1 is 0.947 bits per heavy atom. The minimum Gasteiger partial charge on any atom is -0.343 e. The van der Waals surface area contributed by atoms with Crippen molar-refractivity contribution < 1.29 is 4.79 Å². The number of nitriles is 4. The molecular formula is C13H11N5O. The molecule has 1 amide bonds. The van der Waals surface area contributed by atoms with E-state index in [9.17, 15) is 25.8 Å². The van der Waals surface area contributed by atoms with Gasteiger partial charge in [-0.2, -0.15) is 21.0 Å². The van der Waals surface area contributed by atoms with Crippen molar-refractivity contribution in [2.24, 2.45) is 16.2 Å². The van der Waals surface area contributed by atoms with Crippen LogP contribution in [0.2, 0.25) is 0 Å². The first-order chi connectivity index (χ1) is 9.00. The zero-order valence-corrected chi connectivity index (χ0v) is 10.5. The largest absolute Gasteiger partial charge is 0.343 e. The van der Waals surface area contributed by atoms with Crippen LogP contribution in [-0.4, -0.2) is 23.9 Å². The van der Waals surface area contributed by atoms with E-state index < -0.39 is 16.2 Å². The summed E-state index contributed by atoms with van der Waals surface area (Å²) < 4.78 is 0. The number of amides is 1. The summed E-state index contributed by atoms with van der Waals surface area (Å²) in [6, 6.07) is 7.56. The standard InChI is InChI=1S/C13H11N5O/c1-10(19)18-4-2-11(3-5-18)12(6-14,7-15)13(11,8-16)9-17/h2-5H2,1H3. The molecule has 1 saturated heterocycles. The van der Waals surface area contributed by atoms with Gasteiger partial charge < -0.3 is 4.90 Å². The van der Waals surface area contributed by atoms with Gasteiger partial charge in [0.2, 0.25) is 5.91 Å². The van der Waals surface area contributed by atoms with Gasteiger partial charge in [0.1, 0.15) is 0 Å². The van der Waals surface area contributed by atoms with Gasteiger partial charge in [-0.15, -0.1) is 0 Å². The molecule has 0 aromatic rings. The van der Waals surface area contributed by atoms with Crippen LogP contribution in [-0.2, 0) is 4.79 Å². The highest BCUT2D eigenvalue weighted by molar-refractivity contribution is 5.73. The number of nitrogens with zero attached hydrogens (tertiary/aromatic N) is 5. The lowest BCUT2D eigenvalue weighted by molar-refractivity contribution is -0.130. The number of rotatable bonds is 0. The van der Waals surface area contributed by atoms with E-state index in [1.54, 1.807) is 4.90 Å². The molecule has 0 unspecified atom stereocenters. The van der Waals surface area contributed by atoms with E-state index in [0.29, 0.717) is 25.9 Å². The van der Waals surface area contributed by atoms with E-state index in [1.807, 2.05) is 24.3 Å². The monoisotopic (exact) mass is 253 g/mol. The SMILES string of the molecule is CC(=O)N1CCC2(CC1)C(C#N)(C#N)C2(C#N)C#N.